The molecular formula is C10H11BrN4O4S. The van der Waals surface area contributed by atoms with Crippen molar-refractivity contribution in [2.24, 2.45) is 7.05 Å². The van der Waals surface area contributed by atoms with E-state index in [4.69, 9.17) is 4.74 Å². The summed E-state index contributed by atoms with van der Waals surface area (Å²) in [5.41, 5.74) is -0.0527. The van der Waals surface area contributed by atoms with E-state index in [9.17, 15) is 13.5 Å². The van der Waals surface area contributed by atoms with E-state index in [0.717, 1.165) is 4.68 Å². The molecule has 0 aliphatic heterocycles. The van der Waals surface area contributed by atoms with Crippen LogP contribution >= 0.6 is 15.9 Å². The van der Waals surface area contributed by atoms with Gasteiger partial charge in [0.2, 0.25) is 5.03 Å². The van der Waals surface area contributed by atoms with Gasteiger partial charge in [0, 0.05) is 7.05 Å². The predicted octanol–water partition coefficient (Wildman–Crippen LogP) is 1.09. The number of aromatic hydroxyl groups is 1. The van der Waals surface area contributed by atoms with Gasteiger partial charge in [0.25, 0.3) is 10.0 Å². The molecule has 1 aromatic carbocycles. The molecule has 0 saturated heterocycles. The van der Waals surface area contributed by atoms with E-state index in [1.807, 2.05) is 0 Å². The summed E-state index contributed by atoms with van der Waals surface area (Å²) < 4.78 is 33.1. The molecule has 2 aromatic rings. The highest BCUT2D eigenvalue weighted by Gasteiger charge is 2.26. The van der Waals surface area contributed by atoms with E-state index >= 15 is 0 Å². The Morgan fingerprint density at radius 3 is 2.70 bits per heavy atom. The molecule has 0 spiro atoms. The zero-order chi connectivity index (χ0) is 14.9. The Kier molecular flexibility index (Phi) is 3.86. The Labute approximate surface area is 123 Å². The number of ether oxygens (including phenoxy) is 1. The van der Waals surface area contributed by atoms with E-state index in [-0.39, 0.29) is 26.8 Å². The summed E-state index contributed by atoms with van der Waals surface area (Å²) in [5.74, 6) is -0.0565. The Bertz CT molecular complexity index is 724. The fourth-order valence-corrected chi connectivity index (χ4v) is 3.77. The van der Waals surface area contributed by atoms with E-state index in [1.54, 1.807) is 0 Å². The van der Waals surface area contributed by atoms with Gasteiger partial charge in [-0.15, -0.1) is 5.10 Å². The Hall–Kier alpha value is -1.81. The number of sulfonamides is 1. The summed E-state index contributed by atoms with van der Waals surface area (Å²) in [6.07, 6.45) is 0. The zero-order valence-corrected chi connectivity index (χ0v) is 12.9. The second-order valence-electron chi connectivity index (χ2n) is 3.77. The van der Waals surface area contributed by atoms with Crippen LogP contribution in [0.1, 0.15) is 0 Å². The van der Waals surface area contributed by atoms with E-state index in [2.05, 4.69) is 31.0 Å². The van der Waals surface area contributed by atoms with E-state index in [0.29, 0.717) is 0 Å². The number of hydrogen-bond donors (Lipinski definition) is 2. The van der Waals surface area contributed by atoms with Crippen molar-refractivity contribution in [3.8, 4) is 11.5 Å². The number of aromatic nitrogens is 3. The summed E-state index contributed by atoms with van der Waals surface area (Å²) >= 11 is 3.01. The van der Waals surface area contributed by atoms with Crippen LogP contribution in [-0.2, 0) is 17.1 Å². The molecule has 0 amide bonds. The average molecular weight is 363 g/mol. The molecule has 0 bridgehead atoms. The van der Waals surface area contributed by atoms with Crippen LogP contribution in [0.3, 0.4) is 0 Å². The zero-order valence-electron chi connectivity index (χ0n) is 10.5. The first-order chi connectivity index (χ1) is 9.36. The SMILES string of the molecule is COc1cccc(O)c1NS(=O)(=O)c1c(Br)nnn1C. The van der Waals surface area contributed by atoms with E-state index < -0.39 is 10.0 Å². The van der Waals surface area contributed by atoms with Crippen molar-refractivity contribution in [2.45, 2.75) is 5.03 Å². The maximum Gasteiger partial charge on any atom is 0.282 e. The lowest BCUT2D eigenvalue weighted by Gasteiger charge is -2.12. The lowest BCUT2D eigenvalue weighted by molar-refractivity contribution is 0.411. The second-order valence-corrected chi connectivity index (χ2v) is 6.12. The third kappa shape index (κ3) is 2.56. The fourth-order valence-electron chi connectivity index (χ4n) is 1.58. The highest BCUT2D eigenvalue weighted by molar-refractivity contribution is 9.10. The molecule has 8 nitrogen and oxygen atoms in total. The monoisotopic (exact) mass is 362 g/mol. The van der Waals surface area contributed by atoms with Gasteiger partial charge in [-0.05, 0) is 28.1 Å². The number of phenolic OH excluding ortho intramolecular Hbond substituents is 1. The summed E-state index contributed by atoms with van der Waals surface area (Å²) in [5, 5.41) is 16.8. The number of halogens is 1. The maximum atomic E-state index is 12.3. The van der Waals surface area contributed by atoms with Gasteiger partial charge in [0.1, 0.15) is 17.2 Å². The summed E-state index contributed by atoms with van der Waals surface area (Å²) in [7, 11) is -1.18. The summed E-state index contributed by atoms with van der Waals surface area (Å²) in [4.78, 5) is 0. The molecule has 2 rings (SSSR count). The number of aryl methyl sites for hydroxylation is 1. The molecule has 0 radical (unpaired) electrons. The quantitative estimate of drug-likeness (QED) is 0.788. The van der Waals surface area contributed by atoms with Gasteiger partial charge < -0.3 is 9.84 Å². The summed E-state index contributed by atoms with van der Waals surface area (Å²) in [6, 6.07) is 4.40. The van der Waals surface area contributed by atoms with Gasteiger partial charge in [-0.25, -0.2) is 4.68 Å². The number of hydrogen-bond acceptors (Lipinski definition) is 6. The molecule has 1 aromatic heterocycles. The smallest absolute Gasteiger partial charge is 0.282 e. The van der Waals surface area contributed by atoms with Gasteiger partial charge in [-0.1, -0.05) is 11.3 Å². The molecule has 10 heteroatoms. The lowest BCUT2D eigenvalue weighted by atomic mass is 10.3. The van der Waals surface area contributed by atoms with E-state index in [1.165, 1.54) is 32.4 Å². The molecule has 1 heterocycles. The predicted molar refractivity (Wildman–Crippen MR) is 74.2 cm³/mol. The number of anilines is 1. The van der Waals surface area contributed by atoms with Gasteiger partial charge in [-0.3, -0.25) is 4.72 Å². The molecule has 20 heavy (non-hydrogen) atoms. The first-order valence-corrected chi connectivity index (χ1v) is 7.58. The number of nitrogens with zero attached hydrogens (tertiary/aromatic N) is 3. The third-order valence-corrected chi connectivity index (χ3v) is 4.69. The number of nitrogens with one attached hydrogen (secondary N) is 1. The van der Waals surface area contributed by atoms with Gasteiger partial charge in [-0.2, -0.15) is 8.42 Å². The first-order valence-electron chi connectivity index (χ1n) is 5.30. The third-order valence-electron chi connectivity index (χ3n) is 2.45. The van der Waals surface area contributed by atoms with Gasteiger partial charge in [0.05, 0.1) is 7.11 Å². The van der Waals surface area contributed by atoms with Crippen molar-refractivity contribution >= 4 is 31.6 Å². The Balaban J connectivity index is 2.50. The van der Waals surface area contributed by atoms with Crippen LogP contribution in [0.25, 0.3) is 0 Å². The van der Waals surface area contributed by atoms with Crippen LogP contribution < -0.4 is 9.46 Å². The van der Waals surface area contributed by atoms with Crippen molar-refractivity contribution in [3.63, 3.8) is 0 Å². The van der Waals surface area contributed by atoms with Crippen molar-refractivity contribution < 1.29 is 18.3 Å². The highest BCUT2D eigenvalue weighted by Crippen LogP contribution is 2.35. The first kappa shape index (κ1) is 14.6. The fraction of sp³-hybridized carbons (Fsp3) is 0.200. The molecule has 0 fully saturated rings. The Morgan fingerprint density at radius 1 is 1.45 bits per heavy atom. The van der Waals surface area contributed by atoms with Crippen LogP contribution in [0.4, 0.5) is 5.69 Å². The van der Waals surface area contributed by atoms with Crippen molar-refractivity contribution in [1.82, 2.24) is 15.0 Å². The number of methoxy groups -OCH3 is 1. The normalized spacial score (nSPS) is 11.3. The Morgan fingerprint density at radius 2 is 2.15 bits per heavy atom. The molecule has 0 atom stereocenters. The second kappa shape index (κ2) is 5.29. The van der Waals surface area contributed by atoms with Crippen LogP contribution in [0.15, 0.2) is 27.8 Å². The molecular weight excluding hydrogens is 352 g/mol. The van der Waals surface area contributed by atoms with Crippen LogP contribution in [0.5, 0.6) is 11.5 Å². The van der Waals surface area contributed by atoms with Gasteiger partial charge >= 0.3 is 0 Å². The average Bonchev–Trinajstić information content (AvgIpc) is 2.72. The summed E-state index contributed by atoms with van der Waals surface area (Å²) in [6.45, 7) is 0. The molecule has 108 valence electrons. The van der Waals surface area contributed by atoms with Crippen LogP contribution in [0, 0.1) is 0 Å². The highest BCUT2D eigenvalue weighted by atomic mass is 79.9. The lowest BCUT2D eigenvalue weighted by Crippen LogP contribution is -2.17. The van der Waals surface area contributed by atoms with Crippen LogP contribution in [-0.4, -0.2) is 35.6 Å². The number of rotatable bonds is 4. The van der Waals surface area contributed by atoms with Crippen LogP contribution in [0.2, 0.25) is 0 Å². The number of phenols is 1. The topological polar surface area (TPSA) is 106 Å². The minimum absolute atomic E-state index is 0.0527. The molecule has 0 saturated carbocycles. The van der Waals surface area contributed by atoms with Crippen molar-refractivity contribution in [1.29, 1.82) is 0 Å². The number of benzene rings is 1. The molecule has 0 aliphatic carbocycles. The molecule has 0 aliphatic rings. The van der Waals surface area contributed by atoms with Crippen molar-refractivity contribution in [2.75, 3.05) is 11.8 Å². The molecule has 2 N–H and O–H groups in total. The van der Waals surface area contributed by atoms with Crippen molar-refractivity contribution in [3.05, 3.63) is 22.8 Å². The van der Waals surface area contributed by atoms with Gasteiger partial charge in [0.15, 0.2) is 4.60 Å². The minimum atomic E-state index is -3.99. The molecule has 0 unspecified atom stereocenters. The standard InChI is InChI=1S/C10H11BrN4O4S/c1-15-10(9(11)12-14-15)20(17,18)13-8-6(16)4-3-5-7(8)19-2/h3-5,13,16H,1-2H3. The number of para-hydroxylation sites is 1. The minimum Gasteiger partial charge on any atom is -0.506 e. The maximum absolute atomic E-state index is 12.3. The largest absolute Gasteiger partial charge is 0.506 e.